The fourth-order valence-electron chi connectivity index (χ4n) is 4.18. The molecule has 0 aliphatic carbocycles. The van der Waals surface area contributed by atoms with Gasteiger partial charge in [0.05, 0.1) is 0 Å². The summed E-state index contributed by atoms with van der Waals surface area (Å²) in [4.78, 5) is 0. The third-order valence-electron chi connectivity index (χ3n) is 6.04. The monoisotopic (exact) mass is 365 g/mol. The zero-order valence-electron chi connectivity index (χ0n) is 18.8. The van der Waals surface area contributed by atoms with Gasteiger partial charge in [0.1, 0.15) is 0 Å². The van der Waals surface area contributed by atoms with Crippen LogP contribution >= 0.6 is 0 Å². The van der Waals surface area contributed by atoms with E-state index < -0.39 is 0 Å². The fourth-order valence-corrected chi connectivity index (χ4v) is 4.18. The first kappa shape index (κ1) is 26.0. The Bertz CT molecular complexity index is 220. The van der Waals surface area contributed by atoms with E-state index in [1.165, 1.54) is 135 Å². The van der Waals surface area contributed by atoms with Gasteiger partial charge in [-0.3, -0.25) is 0 Å². The molecule has 0 saturated carbocycles. The van der Waals surface area contributed by atoms with Gasteiger partial charge in [-0.2, -0.15) is 0 Å². The lowest BCUT2D eigenvalue weighted by atomic mass is 9.89. The smallest absolute Gasteiger partial charge is 0.0414 e. The van der Waals surface area contributed by atoms with Crippen molar-refractivity contribution in [3.8, 4) is 0 Å². The minimum atomic E-state index is 1.02. The molecule has 0 spiro atoms. The number of hydrogen-bond acceptors (Lipinski definition) is 0. The van der Waals surface area contributed by atoms with Crippen LogP contribution < -0.4 is 0 Å². The highest BCUT2D eigenvalue weighted by atomic mass is 14.1. The van der Waals surface area contributed by atoms with Gasteiger partial charge in [0.2, 0.25) is 0 Å². The van der Waals surface area contributed by atoms with E-state index in [2.05, 4.69) is 20.8 Å². The molecule has 0 aromatic rings. The summed E-state index contributed by atoms with van der Waals surface area (Å²) in [6, 6.07) is 0. The Labute approximate surface area is 168 Å². The van der Waals surface area contributed by atoms with Gasteiger partial charge in [-0.05, 0) is 5.92 Å². The topological polar surface area (TPSA) is 0 Å². The number of hydrogen-bond donors (Lipinski definition) is 0. The second-order valence-corrected chi connectivity index (χ2v) is 8.74. The third kappa shape index (κ3) is 20.3. The summed E-state index contributed by atoms with van der Waals surface area (Å²) < 4.78 is 0. The minimum absolute atomic E-state index is 1.02. The van der Waals surface area contributed by atoms with Gasteiger partial charge >= 0.3 is 0 Å². The normalized spacial score (nSPS) is 11.5. The molecule has 0 amide bonds. The molecule has 1 atom stereocenters. The van der Waals surface area contributed by atoms with Crippen molar-refractivity contribution in [2.24, 2.45) is 5.92 Å². The van der Waals surface area contributed by atoms with Gasteiger partial charge in [-0.25, -0.2) is 0 Å². The van der Waals surface area contributed by atoms with Crippen LogP contribution in [-0.4, -0.2) is 0 Å². The van der Waals surface area contributed by atoms with Gasteiger partial charge in [0, 0.05) is 0 Å². The van der Waals surface area contributed by atoms with Crippen molar-refractivity contribution in [1.29, 1.82) is 0 Å². The maximum absolute atomic E-state index is 3.98. The van der Waals surface area contributed by atoms with E-state index in [-0.39, 0.29) is 0 Å². The van der Waals surface area contributed by atoms with Gasteiger partial charge in [0.25, 0.3) is 0 Å². The lowest BCUT2D eigenvalue weighted by molar-refractivity contribution is 0.367. The highest BCUT2D eigenvalue weighted by Gasteiger charge is 2.08. The Balaban J connectivity index is 3.57. The van der Waals surface area contributed by atoms with Crippen molar-refractivity contribution < 1.29 is 0 Å². The van der Waals surface area contributed by atoms with Gasteiger partial charge in [-0.1, -0.05) is 162 Å². The number of rotatable bonds is 22. The molecule has 0 aliphatic rings. The molecule has 0 saturated heterocycles. The van der Waals surface area contributed by atoms with Crippen LogP contribution in [0.5, 0.6) is 0 Å². The molecule has 0 nitrogen and oxygen atoms in total. The summed E-state index contributed by atoms with van der Waals surface area (Å²) in [7, 11) is 0. The van der Waals surface area contributed by atoms with Crippen molar-refractivity contribution in [3.05, 3.63) is 6.92 Å². The van der Waals surface area contributed by atoms with Crippen molar-refractivity contribution in [3.63, 3.8) is 0 Å². The van der Waals surface area contributed by atoms with Crippen LogP contribution in [0.4, 0.5) is 0 Å². The lowest BCUT2D eigenvalue weighted by Crippen LogP contribution is -2.01. The van der Waals surface area contributed by atoms with E-state index >= 15 is 0 Å². The zero-order valence-corrected chi connectivity index (χ0v) is 18.8. The standard InChI is InChI=1S/C26H53/c1-4-7-10-13-14-15-16-17-18-19-22-25-26(23-20-11-8-5-2)24-21-12-9-6-3/h26H,2,4-25H2,1,3H3. The predicted molar refractivity (Wildman–Crippen MR) is 122 cm³/mol. The van der Waals surface area contributed by atoms with Crippen molar-refractivity contribution in [2.75, 3.05) is 0 Å². The van der Waals surface area contributed by atoms with Crippen molar-refractivity contribution >= 4 is 0 Å². The summed E-state index contributed by atoms with van der Waals surface area (Å²) in [5, 5.41) is 0. The molecule has 26 heavy (non-hydrogen) atoms. The maximum Gasteiger partial charge on any atom is -0.0414 e. The summed E-state index contributed by atoms with van der Waals surface area (Å²) in [6.45, 7) is 8.61. The minimum Gasteiger partial charge on any atom is -0.0654 e. The predicted octanol–water partition coefficient (Wildman–Crippen LogP) is 10.1. The summed E-state index contributed by atoms with van der Waals surface area (Å²) in [5.74, 6) is 1.02. The van der Waals surface area contributed by atoms with Crippen LogP contribution in [-0.2, 0) is 0 Å². The number of unbranched alkanes of at least 4 members (excludes halogenated alkanes) is 16. The van der Waals surface area contributed by atoms with Crippen molar-refractivity contribution in [1.82, 2.24) is 0 Å². The first-order valence-corrected chi connectivity index (χ1v) is 12.6. The van der Waals surface area contributed by atoms with E-state index in [4.69, 9.17) is 0 Å². The molecule has 0 bridgehead atoms. The average molecular weight is 366 g/mol. The van der Waals surface area contributed by atoms with E-state index in [1.807, 2.05) is 0 Å². The fraction of sp³-hybridized carbons (Fsp3) is 0.962. The Hall–Kier alpha value is 0. The van der Waals surface area contributed by atoms with Crippen molar-refractivity contribution in [2.45, 2.75) is 155 Å². The molecule has 1 unspecified atom stereocenters. The molecule has 0 aromatic heterocycles. The highest BCUT2D eigenvalue weighted by molar-refractivity contribution is 4.62. The molecule has 0 heterocycles. The molecule has 1 radical (unpaired) electrons. The second-order valence-electron chi connectivity index (χ2n) is 8.74. The molecule has 0 N–H and O–H groups in total. The van der Waals surface area contributed by atoms with Crippen LogP contribution in [0.1, 0.15) is 155 Å². The Morgan fingerprint density at radius 3 is 1.12 bits per heavy atom. The van der Waals surface area contributed by atoms with E-state index in [0.717, 1.165) is 12.3 Å². The summed E-state index contributed by atoms with van der Waals surface area (Å²) >= 11 is 0. The van der Waals surface area contributed by atoms with Gasteiger partial charge in [-0.15, -0.1) is 0 Å². The molecule has 0 aliphatic heterocycles. The summed E-state index contributed by atoms with van der Waals surface area (Å²) in [6.07, 6.45) is 31.7. The molecular formula is C26H53. The van der Waals surface area contributed by atoms with Gasteiger partial charge < -0.3 is 0 Å². The first-order valence-electron chi connectivity index (χ1n) is 12.6. The molecule has 0 heteroatoms. The summed E-state index contributed by atoms with van der Waals surface area (Å²) in [5.41, 5.74) is 0. The molecule has 157 valence electrons. The SMILES string of the molecule is [CH2]CCCCCC(CCCCCC)CCCCCCCCCCCCC. The highest BCUT2D eigenvalue weighted by Crippen LogP contribution is 2.24. The zero-order chi connectivity index (χ0) is 19.1. The second kappa shape index (κ2) is 23.0. The largest absolute Gasteiger partial charge is 0.0654 e. The average Bonchev–Trinajstić information content (AvgIpc) is 2.66. The lowest BCUT2D eigenvalue weighted by Gasteiger charge is -2.17. The third-order valence-corrected chi connectivity index (χ3v) is 6.04. The van der Waals surface area contributed by atoms with Crippen LogP contribution in [0.3, 0.4) is 0 Å². The van der Waals surface area contributed by atoms with Crippen LogP contribution in [0.15, 0.2) is 0 Å². The first-order chi connectivity index (χ1) is 12.8. The van der Waals surface area contributed by atoms with E-state index in [9.17, 15) is 0 Å². The van der Waals surface area contributed by atoms with Crippen LogP contribution in [0.2, 0.25) is 0 Å². The molecule has 0 rings (SSSR count). The maximum atomic E-state index is 3.98. The van der Waals surface area contributed by atoms with Crippen LogP contribution in [0, 0.1) is 12.8 Å². The van der Waals surface area contributed by atoms with E-state index in [0.29, 0.717) is 0 Å². The Morgan fingerprint density at radius 2 is 0.731 bits per heavy atom. The van der Waals surface area contributed by atoms with E-state index in [1.54, 1.807) is 0 Å². The Kier molecular flexibility index (Phi) is 23.0. The van der Waals surface area contributed by atoms with Crippen LogP contribution in [0.25, 0.3) is 0 Å². The molecule has 0 aromatic carbocycles. The Morgan fingerprint density at radius 1 is 0.423 bits per heavy atom. The quantitative estimate of drug-likeness (QED) is 0.167. The van der Waals surface area contributed by atoms with Gasteiger partial charge in [0.15, 0.2) is 0 Å². The molecular weight excluding hydrogens is 312 g/mol. The molecule has 0 fully saturated rings.